The fourth-order valence-corrected chi connectivity index (χ4v) is 3.09. The fraction of sp³-hybridized carbons (Fsp3) is 0.692. The number of aromatic nitrogens is 1. The van der Waals surface area contributed by atoms with Gasteiger partial charge in [-0.2, -0.15) is 0 Å². The molecule has 0 spiro atoms. The average Bonchev–Trinajstić information content (AvgIpc) is 3.01. The van der Waals surface area contributed by atoms with Crippen LogP contribution in [0.25, 0.3) is 0 Å². The number of aromatic carboxylic acids is 1. The lowest BCUT2D eigenvalue weighted by atomic mass is 10.1. The van der Waals surface area contributed by atoms with E-state index in [0.717, 1.165) is 29.8 Å². The number of hydrogen-bond donors (Lipinski definition) is 1. The van der Waals surface area contributed by atoms with Crippen molar-refractivity contribution in [3.8, 4) is 0 Å². The van der Waals surface area contributed by atoms with Gasteiger partial charge in [-0.15, -0.1) is 0 Å². The second-order valence-electron chi connectivity index (χ2n) is 5.15. The highest BCUT2D eigenvalue weighted by atomic mass is 32.1. The number of carboxylic acids is 1. The largest absolute Gasteiger partial charge is 0.477 e. The van der Waals surface area contributed by atoms with Crippen molar-refractivity contribution >= 4 is 22.4 Å². The van der Waals surface area contributed by atoms with Crippen molar-refractivity contribution in [1.29, 1.82) is 0 Å². The molecular weight excluding hydrogens is 248 g/mol. The number of thiazole rings is 1. The normalized spacial score (nSPS) is 15.1. The molecule has 0 aliphatic heterocycles. The minimum absolute atomic E-state index is 0.153. The minimum atomic E-state index is -0.857. The van der Waals surface area contributed by atoms with Gasteiger partial charge in [-0.1, -0.05) is 25.2 Å². The average molecular weight is 268 g/mol. The molecule has 2 rings (SSSR count). The van der Waals surface area contributed by atoms with Crippen molar-refractivity contribution in [3.05, 3.63) is 10.6 Å². The smallest absolute Gasteiger partial charge is 0.347 e. The van der Waals surface area contributed by atoms with Crippen LogP contribution in [0.4, 0.5) is 5.13 Å². The highest BCUT2D eigenvalue weighted by Crippen LogP contribution is 2.35. The molecule has 0 bridgehead atoms. The zero-order chi connectivity index (χ0) is 13.3. The first-order valence-corrected chi connectivity index (χ1v) is 7.33. The second-order valence-corrected chi connectivity index (χ2v) is 6.13. The Hall–Kier alpha value is -1.10. The van der Waals surface area contributed by atoms with Crippen LogP contribution < -0.4 is 4.90 Å². The van der Waals surface area contributed by atoms with Crippen molar-refractivity contribution < 1.29 is 9.90 Å². The first-order valence-electron chi connectivity index (χ1n) is 6.51. The molecule has 1 heterocycles. The first kappa shape index (κ1) is 13.3. The maximum Gasteiger partial charge on any atom is 0.347 e. The van der Waals surface area contributed by atoms with Gasteiger partial charge < -0.3 is 10.0 Å². The van der Waals surface area contributed by atoms with Crippen molar-refractivity contribution in [2.45, 2.75) is 39.5 Å². The fourth-order valence-electron chi connectivity index (χ4n) is 1.95. The molecule has 0 saturated heterocycles. The zero-order valence-corrected chi connectivity index (χ0v) is 12.0. The third kappa shape index (κ3) is 2.83. The molecule has 18 heavy (non-hydrogen) atoms. The predicted molar refractivity (Wildman–Crippen MR) is 73.8 cm³/mol. The molecule has 0 aromatic carbocycles. The molecule has 1 aliphatic carbocycles. The third-order valence-electron chi connectivity index (χ3n) is 3.21. The molecule has 0 unspecified atom stereocenters. The maximum absolute atomic E-state index is 11.2. The molecule has 1 N–H and O–H groups in total. The molecule has 0 atom stereocenters. The molecule has 1 aromatic rings. The van der Waals surface area contributed by atoms with E-state index in [1.54, 1.807) is 0 Å². The second kappa shape index (κ2) is 5.26. The molecule has 1 fully saturated rings. The quantitative estimate of drug-likeness (QED) is 0.860. The molecule has 1 aromatic heterocycles. The number of rotatable bonds is 6. The Labute approximate surface area is 112 Å². The predicted octanol–water partition coefficient (Wildman–Crippen LogP) is 3.20. The van der Waals surface area contributed by atoms with Gasteiger partial charge in [0.15, 0.2) is 5.13 Å². The molecule has 0 radical (unpaired) electrons. The number of carboxylic acid groups (broad SMARTS) is 1. The van der Waals surface area contributed by atoms with Crippen LogP contribution >= 0.6 is 11.3 Å². The van der Waals surface area contributed by atoms with E-state index in [1.807, 2.05) is 13.8 Å². The van der Waals surface area contributed by atoms with Crippen LogP contribution in [-0.4, -0.2) is 29.1 Å². The van der Waals surface area contributed by atoms with Gasteiger partial charge in [0.05, 0.1) is 5.69 Å². The van der Waals surface area contributed by atoms with Gasteiger partial charge in [0.1, 0.15) is 4.88 Å². The van der Waals surface area contributed by atoms with Gasteiger partial charge in [0.2, 0.25) is 0 Å². The summed E-state index contributed by atoms with van der Waals surface area (Å²) >= 11 is 1.31. The summed E-state index contributed by atoms with van der Waals surface area (Å²) < 4.78 is 0. The van der Waals surface area contributed by atoms with Crippen molar-refractivity contribution in [1.82, 2.24) is 4.98 Å². The van der Waals surface area contributed by atoms with Crippen molar-refractivity contribution in [2.24, 2.45) is 5.92 Å². The molecule has 100 valence electrons. The number of hydrogen-bond acceptors (Lipinski definition) is 4. The van der Waals surface area contributed by atoms with E-state index in [0.29, 0.717) is 4.88 Å². The van der Waals surface area contributed by atoms with E-state index in [9.17, 15) is 9.90 Å². The van der Waals surface area contributed by atoms with E-state index in [2.05, 4.69) is 16.8 Å². The molecule has 1 aliphatic rings. The van der Waals surface area contributed by atoms with Gasteiger partial charge in [0.25, 0.3) is 0 Å². The lowest BCUT2D eigenvalue weighted by Gasteiger charge is -2.19. The lowest BCUT2D eigenvalue weighted by Crippen LogP contribution is -2.25. The standard InChI is InChI=1S/C13H20N2O2S/c1-4-15(7-9-5-6-9)13-14-10(8(2)3)11(18-13)12(16)17/h8-9H,4-7H2,1-3H3,(H,16,17). The van der Waals surface area contributed by atoms with Crippen molar-refractivity contribution in [2.75, 3.05) is 18.0 Å². The Kier molecular flexibility index (Phi) is 3.90. The van der Waals surface area contributed by atoms with E-state index >= 15 is 0 Å². The Balaban J connectivity index is 2.25. The van der Waals surface area contributed by atoms with Crippen LogP contribution in [-0.2, 0) is 0 Å². The van der Waals surface area contributed by atoms with Gasteiger partial charge in [-0.05, 0) is 31.6 Å². The number of nitrogens with zero attached hydrogens (tertiary/aromatic N) is 2. The summed E-state index contributed by atoms with van der Waals surface area (Å²) in [5.41, 5.74) is 0.719. The van der Waals surface area contributed by atoms with Crippen LogP contribution in [0.1, 0.15) is 54.9 Å². The van der Waals surface area contributed by atoms with Gasteiger partial charge in [0, 0.05) is 13.1 Å². The number of anilines is 1. The van der Waals surface area contributed by atoms with Crippen LogP contribution in [0.3, 0.4) is 0 Å². The van der Waals surface area contributed by atoms with E-state index in [1.165, 1.54) is 24.2 Å². The summed E-state index contributed by atoms with van der Waals surface area (Å²) in [4.78, 5) is 18.4. The zero-order valence-electron chi connectivity index (χ0n) is 11.1. The number of carbonyl (C=O) groups is 1. The van der Waals surface area contributed by atoms with Crippen molar-refractivity contribution in [3.63, 3.8) is 0 Å². The SMILES string of the molecule is CCN(CC1CC1)c1nc(C(C)C)c(C(=O)O)s1. The first-order chi connectivity index (χ1) is 8.52. The van der Waals surface area contributed by atoms with Gasteiger partial charge in [-0.25, -0.2) is 9.78 Å². The molecule has 5 heteroatoms. The van der Waals surface area contributed by atoms with Gasteiger partial charge >= 0.3 is 5.97 Å². The summed E-state index contributed by atoms with van der Waals surface area (Å²) in [7, 11) is 0. The summed E-state index contributed by atoms with van der Waals surface area (Å²) in [5, 5.41) is 10.1. The molecular formula is C13H20N2O2S. The highest BCUT2D eigenvalue weighted by Gasteiger charge is 2.27. The Morgan fingerprint density at radius 1 is 1.56 bits per heavy atom. The summed E-state index contributed by atoms with van der Waals surface area (Å²) in [5.74, 6) is 0.0790. The lowest BCUT2D eigenvalue weighted by molar-refractivity contribution is 0.0700. The summed E-state index contributed by atoms with van der Waals surface area (Å²) in [6.45, 7) is 7.98. The van der Waals surface area contributed by atoms with E-state index in [-0.39, 0.29) is 5.92 Å². The van der Waals surface area contributed by atoms with E-state index in [4.69, 9.17) is 0 Å². The van der Waals surface area contributed by atoms with Gasteiger partial charge in [-0.3, -0.25) is 0 Å². The third-order valence-corrected chi connectivity index (χ3v) is 4.33. The van der Waals surface area contributed by atoms with Crippen LogP contribution in [0, 0.1) is 5.92 Å². The summed E-state index contributed by atoms with van der Waals surface area (Å²) in [6.07, 6.45) is 2.59. The topological polar surface area (TPSA) is 53.4 Å². The summed E-state index contributed by atoms with van der Waals surface area (Å²) in [6, 6.07) is 0. The maximum atomic E-state index is 11.2. The molecule has 0 amide bonds. The van der Waals surface area contributed by atoms with Crippen LogP contribution in [0.5, 0.6) is 0 Å². The van der Waals surface area contributed by atoms with Crippen LogP contribution in [0.2, 0.25) is 0 Å². The highest BCUT2D eigenvalue weighted by molar-refractivity contribution is 7.17. The van der Waals surface area contributed by atoms with E-state index < -0.39 is 5.97 Å². The Morgan fingerprint density at radius 2 is 2.22 bits per heavy atom. The minimum Gasteiger partial charge on any atom is -0.477 e. The van der Waals surface area contributed by atoms with Crippen LogP contribution in [0.15, 0.2) is 0 Å². The molecule has 1 saturated carbocycles. The Bertz CT molecular complexity index is 438. The Morgan fingerprint density at radius 3 is 2.61 bits per heavy atom. The molecule has 4 nitrogen and oxygen atoms in total. The monoisotopic (exact) mass is 268 g/mol.